The molecule has 0 saturated heterocycles. The highest BCUT2D eigenvalue weighted by Gasteiger charge is 2.38. The van der Waals surface area contributed by atoms with Gasteiger partial charge in [-0.25, -0.2) is 0 Å². The minimum atomic E-state index is -0.331. The molecule has 1 aliphatic carbocycles. The minimum absolute atomic E-state index is 0.331. The number of hydrogen-bond donors (Lipinski definition) is 1. The molecule has 6 nitrogen and oxygen atoms in total. The summed E-state index contributed by atoms with van der Waals surface area (Å²) in [5.41, 5.74) is -0.331. The third kappa shape index (κ3) is 2.43. The van der Waals surface area contributed by atoms with Crippen molar-refractivity contribution in [3.63, 3.8) is 0 Å². The topological polar surface area (TPSA) is 69.8 Å². The zero-order valence-electron chi connectivity index (χ0n) is 12.0. The number of hydrogen-bond acceptors (Lipinski definition) is 5. The van der Waals surface area contributed by atoms with E-state index in [1.165, 1.54) is 6.42 Å². The maximum absolute atomic E-state index is 9.56. The van der Waals surface area contributed by atoms with E-state index < -0.39 is 0 Å². The molecule has 1 aliphatic heterocycles. The normalized spacial score (nSPS) is 30.7. The largest absolute Gasteiger partial charge is 0.315 e. The van der Waals surface area contributed by atoms with Crippen LogP contribution in [0.1, 0.15) is 38.4 Å². The summed E-state index contributed by atoms with van der Waals surface area (Å²) in [6, 6.07) is 3.01. The van der Waals surface area contributed by atoms with Crippen LogP contribution in [0.5, 0.6) is 0 Å². The van der Waals surface area contributed by atoms with E-state index in [0.717, 1.165) is 51.3 Å². The Morgan fingerprint density at radius 3 is 3.25 bits per heavy atom. The maximum atomic E-state index is 9.56. The Hall–Kier alpha value is -1.45. The van der Waals surface area contributed by atoms with E-state index in [-0.39, 0.29) is 5.54 Å². The molecule has 0 spiro atoms. The summed E-state index contributed by atoms with van der Waals surface area (Å²) < 4.78 is 2.13. The molecule has 1 aromatic heterocycles. The molecule has 2 heterocycles. The minimum Gasteiger partial charge on any atom is -0.315 e. The molecule has 1 fully saturated rings. The standard InChI is InChI=1S/C14H22N6/c1-2-16-14(10-15)5-3-4-12(8-14)19-6-7-20-11-17-18-13(20)9-19/h11-12,16H,2-9H2,1H3. The first-order chi connectivity index (χ1) is 9.76. The molecule has 108 valence electrons. The van der Waals surface area contributed by atoms with E-state index >= 15 is 0 Å². The molecule has 1 saturated carbocycles. The van der Waals surface area contributed by atoms with Crippen LogP contribution in [0.25, 0.3) is 0 Å². The first-order valence-corrected chi connectivity index (χ1v) is 7.53. The molecule has 1 N–H and O–H groups in total. The lowest BCUT2D eigenvalue weighted by atomic mass is 9.79. The van der Waals surface area contributed by atoms with Crippen LogP contribution in [-0.2, 0) is 13.1 Å². The van der Waals surface area contributed by atoms with Crippen LogP contribution in [0.2, 0.25) is 0 Å². The van der Waals surface area contributed by atoms with Gasteiger partial charge in [0, 0.05) is 19.1 Å². The molecule has 0 radical (unpaired) electrons. The van der Waals surface area contributed by atoms with Crippen molar-refractivity contribution in [2.45, 2.75) is 57.3 Å². The van der Waals surface area contributed by atoms with Crippen molar-refractivity contribution >= 4 is 0 Å². The molecule has 0 bridgehead atoms. The van der Waals surface area contributed by atoms with E-state index in [9.17, 15) is 5.26 Å². The Morgan fingerprint density at radius 2 is 2.45 bits per heavy atom. The average molecular weight is 274 g/mol. The van der Waals surface area contributed by atoms with Crippen LogP contribution >= 0.6 is 0 Å². The van der Waals surface area contributed by atoms with E-state index in [4.69, 9.17) is 0 Å². The third-order valence-corrected chi connectivity index (χ3v) is 4.64. The lowest BCUT2D eigenvalue weighted by Gasteiger charge is -2.42. The zero-order chi connectivity index (χ0) is 14.0. The second-order valence-electron chi connectivity index (χ2n) is 5.89. The molecule has 2 unspecified atom stereocenters. The molecule has 3 rings (SSSR count). The lowest BCUT2D eigenvalue weighted by molar-refractivity contribution is 0.0935. The summed E-state index contributed by atoms with van der Waals surface area (Å²) in [6.07, 6.45) is 6.01. The van der Waals surface area contributed by atoms with E-state index in [2.05, 4.69) is 38.0 Å². The van der Waals surface area contributed by atoms with Crippen molar-refractivity contribution in [2.75, 3.05) is 13.1 Å². The summed E-state index contributed by atoms with van der Waals surface area (Å²) in [5.74, 6) is 1.05. The fraction of sp³-hybridized carbons (Fsp3) is 0.786. The van der Waals surface area contributed by atoms with Crippen molar-refractivity contribution in [2.24, 2.45) is 0 Å². The van der Waals surface area contributed by atoms with Gasteiger partial charge in [-0.05, 0) is 32.2 Å². The van der Waals surface area contributed by atoms with E-state index in [0.29, 0.717) is 6.04 Å². The average Bonchev–Trinajstić information content (AvgIpc) is 2.95. The highest BCUT2D eigenvalue weighted by molar-refractivity contribution is 5.11. The molecule has 1 aromatic rings. The van der Waals surface area contributed by atoms with E-state index in [1.54, 1.807) is 0 Å². The fourth-order valence-electron chi connectivity index (χ4n) is 3.59. The molecular formula is C14H22N6. The van der Waals surface area contributed by atoms with Crippen molar-refractivity contribution < 1.29 is 0 Å². The summed E-state index contributed by atoms with van der Waals surface area (Å²) in [7, 11) is 0. The van der Waals surface area contributed by atoms with Crippen LogP contribution in [0.4, 0.5) is 0 Å². The Labute approximate surface area is 119 Å². The van der Waals surface area contributed by atoms with Crippen molar-refractivity contribution in [1.29, 1.82) is 5.26 Å². The number of nitrogens with zero attached hydrogens (tertiary/aromatic N) is 5. The van der Waals surface area contributed by atoms with Crippen LogP contribution in [0.3, 0.4) is 0 Å². The first-order valence-electron chi connectivity index (χ1n) is 7.53. The molecule has 2 atom stereocenters. The van der Waals surface area contributed by atoms with Crippen LogP contribution < -0.4 is 5.32 Å². The van der Waals surface area contributed by atoms with Gasteiger partial charge in [-0.1, -0.05) is 6.92 Å². The van der Waals surface area contributed by atoms with Gasteiger partial charge in [0.2, 0.25) is 0 Å². The predicted molar refractivity (Wildman–Crippen MR) is 74.7 cm³/mol. The number of nitrogens with one attached hydrogen (secondary N) is 1. The van der Waals surface area contributed by atoms with Gasteiger partial charge in [-0.2, -0.15) is 5.26 Å². The highest BCUT2D eigenvalue weighted by Crippen LogP contribution is 2.32. The van der Waals surface area contributed by atoms with Gasteiger partial charge in [0.15, 0.2) is 0 Å². The molecule has 2 aliphatic rings. The van der Waals surface area contributed by atoms with Gasteiger partial charge in [0.1, 0.15) is 17.7 Å². The van der Waals surface area contributed by atoms with Crippen molar-refractivity contribution in [1.82, 2.24) is 25.0 Å². The summed E-state index contributed by atoms with van der Waals surface area (Å²) in [5, 5.41) is 21.1. The maximum Gasteiger partial charge on any atom is 0.147 e. The number of nitriles is 1. The van der Waals surface area contributed by atoms with Crippen molar-refractivity contribution in [3.8, 4) is 6.07 Å². The summed E-state index contributed by atoms with van der Waals surface area (Å²) in [6.45, 7) is 5.78. The van der Waals surface area contributed by atoms with Crippen LogP contribution in [0, 0.1) is 11.3 Å². The first kappa shape index (κ1) is 13.5. The quantitative estimate of drug-likeness (QED) is 0.887. The Bertz CT molecular complexity index is 500. The Balaban J connectivity index is 1.70. The molecule has 0 aromatic carbocycles. The summed E-state index contributed by atoms with van der Waals surface area (Å²) >= 11 is 0. The number of rotatable bonds is 3. The van der Waals surface area contributed by atoms with Gasteiger partial charge in [-0.3, -0.25) is 10.2 Å². The Kier molecular flexibility index (Phi) is 3.72. The van der Waals surface area contributed by atoms with Gasteiger partial charge in [0.25, 0.3) is 0 Å². The molecular weight excluding hydrogens is 252 g/mol. The molecule has 0 amide bonds. The van der Waals surface area contributed by atoms with Gasteiger partial charge < -0.3 is 4.57 Å². The second kappa shape index (κ2) is 5.51. The predicted octanol–water partition coefficient (Wildman–Crippen LogP) is 0.908. The van der Waals surface area contributed by atoms with E-state index in [1.807, 2.05) is 6.33 Å². The number of fused-ring (bicyclic) bond motifs is 1. The van der Waals surface area contributed by atoms with Crippen LogP contribution in [0.15, 0.2) is 6.33 Å². The fourth-order valence-corrected chi connectivity index (χ4v) is 3.59. The lowest BCUT2D eigenvalue weighted by Crippen LogP contribution is -2.53. The van der Waals surface area contributed by atoms with Gasteiger partial charge >= 0.3 is 0 Å². The van der Waals surface area contributed by atoms with Gasteiger partial charge in [-0.15, -0.1) is 10.2 Å². The monoisotopic (exact) mass is 274 g/mol. The summed E-state index contributed by atoms with van der Waals surface area (Å²) in [4.78, 5) is 2.48. The zero-order valence-corrected chi connectivity index (χ0v) is 12.0. The SMILES string of the molecule is CCNC1(C#N)CCCC(N2CCn3cnnc3C2)C1. The smallest absolute Gasteiger partial charge is 0.147 e. The second-order valence-corrected chi connectivity index (χ2v) is 5.89. The number of aromatic nitrogens is 3. The van der Waals surface area contributed by atoms with Gasteiger partial charge in [0.05, 0.1) is 12.6 Å². The molecule has 20 heavy (non-hydrogen) atoms. The highest BCUT2D eigenvalue weighted by atomic mass is 15.3. The Morgan fingerprint density at radius 1 is 1.55 bits per heavy atom. The van der Waals surface area contributed by atoms with Crippen LogP contribution in [-0.4, -0.2) is 44.3 Å². The van der Waals surface area contributed by atoms with Crippen molar-refractivity contribution in [3.05, 3.63) is 12.2 Å². The third-order valence-electron chi connectivity index (χ3n) is 4.64. The molecule has 6 heteroatoms.